The SMILES string of the molecule is CCOc1cccc(-c2c[nH][nH]c2=O)c1. The van der Waals surface area contributed by atoms with Gasteiger partial charge in [0.05, 0.1) is 12.2 Å². The quantitative estimate of drug-likeness (QED) is 0.800. The topological polar surface area (TPSA) is 57.9 Å². The third-order valence-corrected chi connectivity index (χ3v) is 2.10. The maximum Gasteiger partial charge on any atom is 0.271 e. The van der Waals surface area contributed by atoms with Crippen molar-refractivity contribution in [2.75, 3.05) is 6.61 Å². The molecule has 1 heterocycles. The average molecular weight is 204 g/mol. The Kier molecular flexibility index (Phi) is 2.58. The van der Waals surface area contributed by atoms with Gasteiger partial charge in [-0.15, -0.1) is 0 Å². The minimum absolute atomic E-state index is 0.122. The van der Waals surface area contributed by atoms with Crippen LogP contribution in [0.4, 0.5) is 0 Å². The van der Waals surface area contributed by atoms with Crippen LogP contribution in [0.25, 0.3) is 11.1 Å². The van der Waals surface area contributed by atoms with Crippen molar-refractivity contribution in [1.29, 1.82) is 0 Å². The van der Waals surface area contributed by atoms with Crippen molar-refractivity contribution in [3.05, 3.63) is 40.8 Å². The minimum atomic E-state index is -0.122. The molecule has 78 valence electrons. The summed E-state index contributed by atoms with van der Waals surface area (Å²) >= 11 is 0. The van der Waals surface area contributed by atoms with Crippen molar-refractivity contribution in [1.82, 2.24) is 10.2 Å². The molecule has 1 aromatic heterocycles. The lowest BCUT2D eigenvalue weighted by atomic mass is 10.1. The van der Waals surface area contributed by atoms with Crippen molar-refractivity contribution < 1.29 is 4.74 Å². The second kappa shape index (κ2) is 4.04. The fraction of sp³-hybridized carbons (Fsp3) is 0.182. The number of benzene rings is 1. The van der Waals surface area contributed by atoms with E-state index in [-0.39, 0.29) is 5.56 Å². The van der Waals surface area contributed by atoms with Crippen LogP contribution in [0.5, 0.6) is 5.75 Å². The Balaban J connectivity index is 2.41. The molecule has 4 nitrogen and oxygen atoms in total. The van der Waals surface area contributed by atoms with Gasteiger partial charge in [0.2, 0.25) is 0 Å². The first-order valence-electron chi connectivity index (χ1n) is 4.80. The van der Waals surface area contributed by atoms with Crippen molar-refractivity contribution in [3.63, 3.8) is 0 Å². The smallest absolute Gasteiger partial charge is 0.271 e. The molecule has 0 aliphatic rings. The summed E-state index contributed by atoms with van der Waals surface area (Å²) in [4.78, 5) is 11.4. The van der Waals surface area contributed by atoms with Gasteiger partial charge in [0.25, 0.3) is 5.56 Å². The second-order valence-corrected chi connectivity index (χ2v) is 3.12. The molecule has 0 bridgehead atoms. The Morgan fingerprint density at radius 2 is 2.27 bits per heavy atom. The van der Waals surface area contributed by atoms with Crippen LogP contribution in [0, 0.1) is 0 Å². The van der Waals surface area contributed by atoms with Crippen LogP contribution < -0.4 is 10.3 Å². The highest BCUT2D eigenvalue weighted by Gasteiger charge is 2.04. The van der Waals surface area contributed by atoms with Crippen LogP contribution in [0.1, 0.15) is 6.92 Å². The highest BCUT2D eigenvalue weighted by molar-refractivity contribution is 5.63. The molecule has 0 spiro atoms. The zero-order chi connectivity index (χ0) is 10.7. The summed E-state index contributed by atoms with van der Waals surface area (Å²) in [6.45, 7) is 2.54. The molecule has 2 aromatic rings. The van der Waals surface area contributed by atoms with Crippen molar-refractivity contribution in [2.24, 2.45) is 0 Å². The lowest BCUT2D eigenvalue weighted by Crippen LogP contribution is -2.01. The van der Waals surface area contributed by atoms with E-state index >= 15 is 0 Å². The van der Waals surface area contributed by atoms with Gasteiger partial charge < -0.3 is 9.84 Å². The van der Waals surface area contributed by atoms with Crippen LogP contribution in [0.15, 0.2) is 35.3 Å². The molecule has 0 fully saturated rings. The van der Waals surface area contributed by atoms with E-state index in [1.807, 2.05) is 31.2 Å². The predicted molar refractivity (Wildman–Crippen MR) is 58.0 cm³/mol. The molecule has 0 radical (unpaired) electrons. The van der Waals surface area contributed by atoms with Gasteiger partial charge >= 0.3 is 0 Å². The maximum absolute atomic E-state index is 11.4. The second-order valence-electron chi connectivity index (χ2n) is 3.12. The highest BCUT2D eigenvalue weighted by atomic mass is 16.5. The fourth-order valence-corrected chi connectivity index (χ4v) is 1.44. The van der Waals surface area contributed by atoms with Crippen LogP contribution in [0.2, 0.25) is 0 Å². The molecule has 15 heavy (non-hydrogen) atoms. The van der Waals surface area contributed by atoms with Crippen LogP contribution in [-0.4, -0.2) is 16.8 Å². The summed E-state index contributed by atoms with van der Waals surface area (Å²) in [5, 5.41) is 5.17. The zero-order valence-electron chi connectivity index (χ0n) is 8.41. The van der Waals surface area contributed by atoms with Crippen molar-refractivity contribution in [3.8, 4) is 16.9 Å². The molecule has 0 amide bonds. The van der Waals surface area contributed by atoms with E-state index in [1.165, 1.54) is 0 Å². The molecule has 0 aliphatic heterocycles. The zero-order valence-corrected chi connectivity index (χ0v) is 8.41. The first kappa shape index (κ1) is 9.58. The maximum atomic E-state index is 11.4. The number of H-pyrrole nitrogens is 2. The van der Waals surface area contributed by atoms with E-state index in [0.29, 0.717) is 12.2 Å². The first-order chi connectivity index (χ1) is 7.31. The molecule has 2 N–H and O–H groups in total. The number of aromatic nitrogens is 2. The van der Waals surface area contributed by atoms with E-state index in [9.17, 15) is 4.79 Å². The number of ether oxygens (including phenoxy) is 1. The Labute approximate surface area is 86.9 Å². The van der Waals surface area contributed by atoms with E-state index in [4.69, 9.17) is 4.74 Å². The molecule has 4 heteroatoms. The molecule has 0 aliphatic carbocycles. The molecule has 2 rings (SSSR count). The van der Waals surface area contributed by atoms with Crippen molar-refractivity contribution in [2.45, 2.75) is 6.92 Å². The van der Waals surface area contributed by atoms with Crippen LogP contribution >= 0.6 is 0 Å². The van der Waals surface area contributed by atoms with Crippen molar-refractivity contribution >= 4 is 0 Å². The fourth-order valence-electron chi connectivity index (χ4n) is 1.44. The summed E-state index contributed by atoms with van der Waals surface area (Å²) in [7, 11) is 0. The minimum Gasteiger partial charge on any atom is -0.494 e. The monoisotopic (exact) mass is 204 g/mol. The number of hydrogen-bond acceptors (Lipinski definition) is 2. The van der Waals surface area contributed by atoms with Gasteiger partial charge in [0.1, 0.15) is 5.75 Å². The lowest BCUT2D eigenvalue weighted by molar-refractivity contribution is 0.340. The standard InChI is InChI=1S/C11H12N2O2/c1-2-15-9-5-3-4-8(6-9)10-7-12-13-11(10)14/h3-7H,2H2,1H3,(H2,12,13,14). The summed E-state index contributed by atoms with van der Waals surface area (Å²) in [6.07, 6.45) is 1.65. The lowest BCUT2D eigenvalue weighted by Gasteiger charge is -2.03. The number of rotatable bonds is 3. The van der Waals surface area contributed by atoms with E-state index in [2.05, 4.69) is 10.2 Å². The normalized spacial score (nSPS) is 10.2. The van der Waals surface area contributed by atoms with E-state index < -0.39 is 0 Å². The Bertz CT molecular complexity index is 499. The summed E-state index contributed by atoms with van der Waals surface area (Å²) < 4.78 is 5.36. The van der Waals surface area contributed by atoms with Gasteiger partial charge in [-0.25, -0.2) is 0 Å². The third kappa shape index (κ3) is 1.93. The van der Waals surface area contributed by atoms with Gasteiger partial charge in [0.15, 0.2) is 0 Å². The Morgan fingerprint density at radius 1 is 1.40 bits per heavy atom. The number of aromatic amines is 2. The van der Waals surface area contributed by atoms with E-state index in [0.717, 1.165) is 11.3 Å². The molecular weight excluding hydrogens is 192 g/mol. The predicted octanol–water partition coefficient (Wildman–Crippen LogP) is 1.77. The molecule has 0 atom stereocenters. The van der Waals surface area contributed by atoms with Crippen LogP contribution in [-0.2, 0) is 0 Å². The number of nitrogens with one attached hydrogen (secondary N) is 2. The molecule has 0 saturated carbocycles. The third-order valence-electron chi connectivity index (χ3n) is 2.10. The summed E-state index contributed by atoms with van der Waals surface area (Å²) in [6, 6.07) is 7.46. The first-order valence-corrected chi connectivity index (χ1v) is 4.80. The van der Waals surface area contributed by atoms with Gasteiger partial charge in [-0.3, -0.25) is 9.89 Å². The molecule has 1 aromatic carbocycles. The summed E-state index contributed by atoms with van der Waals surface area (Å²) in [5.74, 6) is 0.774. The van der Waals surface area contributed by atoms with Gasteiger partial charge in [-0.05, 0) is 24.6 Å². The molecule has 0 saturated heterocycles. The Hall–Kier alpha value is -1.97. The average Bonchev–Trinajstić information content (AvgIpc) is 2.65. The Morgan fingerprint density at radius 3 is 2.93 bits per heavy atom. The van der Waals surface area contributed by atoms with Crippen LogP contribution in [0.3, 0.4) is 0 Å². The summed E-state index contributed by atoms with van der Waals surface area (Å²) in [5.41, 5.74) is 1.35. The largest absolute Gasteiger partial charge is 0.494 e. The molecular formula is C11H12N2O2. The molecule has 0 unspecified atom stereocenters. The number of hydrogen-bond donors (Lipinski definition) is 2. The highest BCUT2D eigenvalue weighted by Crippen LogP contribution is 2.20. The van der Waals surface area contributed by atoms with Gasteiger partial charge in [-0.2, -0.15) is 0 Å². The van der Waals surface area contributed by atoms with Gasteiger partial charge in [0, 0.05) is 6.20 Å². The van der Waals surface area contributed by atoms with E-state index in [1.54, 1.807) is 6.20 Å². The van der Waals surface area contributed by atoms with Gasteiger partial charge in [-0.1, -0.05) is 12.1 Å².